The average Bonchev–Trinajstić information content (AvgIpc) is 3.23. The van der Waals surface area contributed by atoms with Gasteiger partial charge in [-0.25, -0.2) is 14.2 Å². The lowest BCUT2D eigenvalue weighted by Crippen LogP contribution is -2.35. The van der Waals surface area contributed by atoms with E-state index in [0.29, 0.717) is 29.0 Å². The highest BCUT2D eigenvalue weighted by molar-refractivity contribution is 7.18. The van der Waals surface area contributed by atoms with E-state index >= 15 is 0 Å². The molecule has 2 N–H and O–H groups in total. The van der Waals surface area contributed by atoms with Crippen LogP contribution in [0.1, 0.15) is 39.5 Å². The van der Waals surface area contributed by atoms with Crippen molar-refractivity contribution in [2.75, 3.05) is 0 Å². The average molecular weight is 480 g/mol. The number of rotatable bonds is 6. The molecule has 6 nitrogen and oxygen atoms in total. The second-order valence-electron chi connectivity index (χ2n) is 8.35. The van der Waals surface area contributed by atoms with Gasteiger partial charge in [0.2, 0.25) is 0 Å². The zero-order valence-corrected chi connectivity index (χ0v) is 19.1. The summed E-state index contributed by atoms with van der Waals surface area (Å²) in [6.45, 7) is 2.12. The molecule has 0 amide bonds. The SMILES string of the molecule is C[C@@H]1Oc2ccc(OCc3nc4cc(F)ccc4s3)cc2[C@H](O)[C@@H]1Cc1cccc(C(=O)O)c1. The minimum Gasteiger partial charge on any atom is -0.490 e. The van der Waals surface area contributed by atoms with E-state index in [1.807, 2.05) is 13.0 Å². The molecule has 8 heteroatoms. The Kier molecular flexibility index (Phi) is 5.93. The van der Waals surface area contributed by atoms with Crippen molar-refractivity contribution in [3.05, 3.63) is 88.2 Å². The normalized spacial score (nSPS) is 19.4. The topological polar surface area (TPSA) is 88.9 Å². The van der Waals surface area contributed by atoms with E-state index in [9.17, 15) is 19.4 Å². The van der Waals surface area contributed by atoms with Crippen LogP contribution in [0.4, 0.5) is 4.39 Å². The number of benzene rings is 3. The van der Waals surface area contributed by atoms with Crippen LogP contribution in [0.25, 0.3) is 10.2 Å². The third-order valence-corrected chi connectivity index (χ3v) is 7.03. The zero-order chi connectivity index (χ0) is 23.8. The monoisotopic (exact) mass is 479 g/mol. The predicted octanol–water partition coefficient (Wildman–Crippen LogP) is 5.39. The Morgan fingerprint density at radius 2 is 2.03 bits per heavy atom. The van der Waals surface area contributed by atoms with Gasteiger partial charge in [-0.2, -0.15) is 0 Å². The molecule has 0 unspecified atom stereocenters. The molecule has 3 aromatic carbocycles. The van der Waals surface area contributed by atoms with Gasteiger partial charge in [-0.3, -0.25) is 0 Å². The van der Waals surface area contributed by atoms with Crippen LogP contribution in [-0.2, 0) is 13.0 Å². The summed E-state index contributed by atoms with van der Waals surface area (Å²) >= 11 is 1.44. The Bertz CT molecular complexity index is 1370. The van der Waals surface area contributed by atoms with E-state index in [0.717, 1.165) is 15.3 Å². The van der Waals surface area contributed by atoms with E-state index in [2.05, 4.69) is 4.98 Å². The Labute approximate surface area is 199 Å². The molecule has 3 atom stereocenters. The molecule has 0 saturated carbocycles. The minimum absolute atomic E-state index is 0.213. The summed E-state index contributed by atoms with van der Waals surface area (Å²) in [5, 5.41) is 21.1. The number of hydrogen-bond donors (Lipinski definition) is 2. The maximum atomic E-state index is 13.4. The van der Waals surface area contributed by atoms with Crippen LogP contribution in [0.5, 0.6) is 11.5 Å². The highest BCUT2D eigenvalue weighted by Gasteiger charge is 2.35. The molecule has 5 rings (SSSR count). The number of carboxylic acids is 1. The number of nitrogens with zero attached hydrogens (tertiary/aromatic N) is 1. The fraction of sp³-hybridized carbons (Fsp3) is 0.231. The van der Waals surface area contributed by atoms with E-state index in [-0.39, 0.29) is 30.0 Å². The van der Waals surface area contributed by atoms with Crippen LogP contribution in [-0.4, -0.2) is 27.3 Å². The van der Waals surface area contributed by atoms with Crippen LogP contribution in [0.3, 0.4) is 0 Å². The number of aromatic carboxylic acids is 1. The number of hydrogen-bond acceptors (Lipinski definition) is 6. The van der Waals surface area contributed by atoms with Crippen molar-refractivity contribution >= 4 is 27.5 Å². The van der Waals surface area contributed by atoms with Crippen LogP contribution < -0.4 is 9.47 Å². The maximum absolute atomic E-state index is 13.4. The van der Waals surface area contributed by atoms with Gasteiger partial charge in [-0.1, -0.05) is 12.1 Å². The molecule has 1 aromatic heterocycles. The standard InChI is InChI=1S/C26H22FNO5S/c1-14-19(10-15-3-2-4-16(9-15)26(30)31)25(29)20-12-18(6-7-22(20)33-14)32-13-24-28-21-11-17(27)5-8-23(21)34-24/h2-9,11-12,14,19,25,29H,10,13H2,1H3,(H,30,31)/t14-,19+,25+/m0/s1. The Hall–Kier alpha value is -3.49. The van der Waals surface area contributed by atoms with Gasteiger partial charge in [-0.15, -0.1) is 11.3 Å². The third kappa shape index (κ3) is 4.47. The van der Waals surface area contributed by atoms with Gasteiger partial charge in [0, 0.05) is 17.5 Å². The zero-order valence-electron chi connectivity index (χ0n) is 18.3. The fourth-order valence-corrected chi connectivity index (χ4v) is 5.13. The second kappa shape index (κ2) is 9.04. The highest BCUT2D eigenvalue weighted by Crippen LogP contribution is 2.42. The number of ether oxygens (including phenoxy) is 2. The number of aromatic nitrogens is 1. The molecule has 0 saturated heterocycles. The van der Waals surface area contributed by atoms with Crippen molar-refractivity contribution < 1.29 is 28.9 Å². The lowest BCUT2D eigenvalue weighted by atomic mass is 9.83. The van der Waals surface area contributed by atoms with Gasteiger partial charge < -0.3 is 19.7 Å². The van der Waals surface area contributed by atoms with Crippen molar-refractivity contribution in [1.82, 2.24) is 4.98 Å². The van der Waals surface area contributed by atoms with Crippen molar-refractivity contribution in [3.8, 4) is 11.5 Å². The number of carbonyl (C=O) groups is 1. The predicted molar refractivity (Wildman–Crippen MR) is 126 cm³/mol. The number of carboxylic acid groups (broad SMARTS) is 1. The molecule has 2 heterocycles. The van der Waals surface area contributed by atoms with Crippen LogP contribution in [0.2, 0.25) is 0 Å². The first-order valence-corrected chi connectivity index (χ1v) is 11.7. The number of thiazole rings is 1. The van der Waals surface area contributed by atoms with Crippen molar-refractivity contribution in [1.29, 1.82) is 0 Å². The number of aliphatic hydroxyl groups excluding tert-OH is 1. The summed E-state index contributed by atoms with van der Waals surface area (Å²) in [7, 11) is 0. The first-order valence-electron chi connectivity index (χ1n) is 10.9. The van der Waals surface area contributed by atoms with Crippen LogP contribution in [0.15, 0.2) is 60.7 Å². The van der Waals surface area contributed by atoms with Crippen LogP contribution in [0, 0.1) is 11.7 Å². The molecule has 1 aliphatic rings. The quantitative estimate of drug-likeness (QED) is 0.386. The van der Waals surface area contributed by atoms with Crippen molar-refractivity contribution in [3.63, 3.8) is 0 Å². The van der Waals surface area contributed by atoms with Gasteiger partial charge in [0.25, 0.3) is 0 Å². The second-order valence-corrected chi connectivity index (χ2v) is 9.46. The van der Waals surface area contributed by atoms with E-state index < -0.39 is 12.1 Å². The molecule has 0 spiro atoms. The van der Waals surface area contributed by atoms with Gasteiger partial charge >= 0.3 is 5.97 Å². The number of aliphatic hydroxyl groups is 1. The molecular formula is C26H22FNO5S. The third-order valence-electron chi connectivity index (χ3n) is 6.02. The van der Waals surface area contributed by atoms with Crippen LogP contribution >= 0.6 is 11.3 Å². The Morgan fingerprint density at radius 1 is 1.18 bits per heavy atom. The maximum Gasteiger partial charge on any atom is 0.335 e. The largest absolute Gasteiger partial charge is 0.490 e. The number of halogens is 1. The fourth-order valence-electron chi connectivity index (χ4n) is 4.27. The van der Waals surface area contributed by atoms with Gasteiger partial charge in [0.1, 0.15) is 35.0 Å². The molecule has 0 fully saturated rings. The molecule has 0 radical (unpaired) electrons. The van der Waals surface area contributed by atoms with E-state index in [1.54, 1.807) is 42.5 Å². The summed E-state index contributed by atoms with van der Waals surface area (Å²) in [6.07, 6.45) is -0.594. The summed E-state index contributed by atoms with van der Waals surface area (Å²) in [4.78, 5) is 15.7. The summed E-state index contributed by atoms with van der Waals surface area (Å²) < 4.78 is 26.3. The van der Waals surface area contributed by atoms with Gasteiger partial charge in [-0.05, 0) is 61.4 Å². The first-order chi connectivity index (χ1) is 16.4. The summed E-state index contributed by atoms with van der Waals surface area (Å²) in [5.74, 6) is -0.412. The molecule has 174 valence electrons. The lowest BCUT2D eigenvalue weighted by Gasteiger charge is -2.36. The summed E-state index contributed by atoms with van der Waals surface area (Å²) in [6, 6.07) is 16.6. The Morgan fingerprint density at radius 3 is 2.85 bits per heavy atom. The molecule has 0 bridgehead atoms. The highest BCUT2D eigenvalue weighted by atomic mass is 32.1. The first kappa shape index (κ1) is 22.3. The smallest absolute Gasteiger partial charge is 0.335 e. The van der Waals surface area contributed by atoms with E-state index in [4.69, 9.17) is 9.47 Å². The Balaban J connectivity index is 1.33. The molecule has 34 heavy (non-hydrogen) atoms. The minimum atomic E-state index is -0.985. The van der Waals surface area contributed by atoms with Crippen molar-refractivity contribution in [2.24, 2.45) is 5.92 Å². The van der Waals surface area contributed by atoms with Gasteiger partial charge in [0.15, 0.2) is 0 Å². The summed E-state index contributed by atoms with van der Waals surface area (Å²) in [5.41, 5.74) is 2.26. The molecule has 4 aromatic rings. The number of fused-ring (bicyclic) bond motifs is 2. The molecular weight excluding hydrogens is 457 g/mol. The van der Waals surface area contributed by atoms with Crippen molar-refractivity contribution in [2.45, 2.75) is 32.2 Å². The molecule has 1 aliphatic heterocycles. The van der Waals surface area contributed by atoms with E-state index in [1.165, 1.54) is 23.5 Å². The lowest BCUT2D eigenvalue weighted by molar-refractivity contribution is 0.00778. The van der Waals surface area contributed by atoms with Gasteiger partial charge in [0.05, 0.1) is 21.9 Å². The molecule has 0 aliphatic carbocycles.